The third-order valence-corrected chi connectivity index (χ3v) is 3.82. The Morgan fingerprint density at radius 3 is 2.70 bits per heavy atom. The van der Waals surface area contributed by atoms with Gasteiger partial charge in [-0.15, -0.1) is 0 Å². The number of fused-ring (bicyclic) bond motifs is 1. The van der Waals surface area contributed by atoms with Gasteiger partial charge in [0.15, 0.2) is 0 Å². The van der Waals surface area contributed by atoms with Gasteiger partial charge in [0.05, 0.1) is 17.6 Å². The molecule has 0 spiro atoms. The van der Waals surface area contributed by atoms with Gasteiger partial charge in [-0.3, -0.25) is 4.90 Å². The lowest BCUT2D eigenvalue weighted by Crippen LogP contribution is -2.24. The van der Waals surface area contributed by atoms with Crippen molar-refractivity contribution in [3.8, 4) is 0 Å². The van der Waals surface area contributed by atoms with Gasteiger partial charge in [-0.2, -0.15) is 0 Å². The highest BCUT2D eigenvalue weighted by Crippen LogP contribution is 2.21. The molecule has 1 aromatic carbocycles. The Labute approximate surface area is 125 Å². The standard InChI is InChI=1S/C15H22ClN3O/c1-3-18(4-2)11-15-17-13-10-12(16)6-7-14(13)19(15)8-5-9-20/h6-7,10,20H,3-5,8-9,11H2,1-2H3. The normalized spacial score (nSPS) is 11.7. The van der Waals surface area contributed by atoms with E-state index in [-0.39, 0.29) is 6.61 Å². The molecule has 0 fully saturated rings. The number of rotatable bonds is 7. The Kier molecular flexibility index (Phi) is 5.40. The number of aliphatic hydroxyl groups is 1. The largest absolute Gasteiger partial charge is 0.396 e. The van der Waals surface area contributed by atoms with E-state index in [1.54, 1.807) is 0 Å². The number of benzene rings is 1. The van der Waals surface area contributed by atoms with Crippen LogP contribution < -0.4 is 0 Å². The van der Waals surface area contributed by atoms with Crippen molar-refractivity contribution in [1.82, 2.24) is 14.5 Å². The number of aliphatic hydroxyl groups excluding tert-OH is 1. The number of halogens is 1. The van der Waals surface area contributed by atoms with Crippen LogP contribution in [0.25, 0.3) is 11.0 Å². The van der Waals surface area contributed by atoms with Gasteiger partial charge >= 0.3 is 0 Å². The summed E-state index contributed by atoms with van der Waals surface area (Å²) in [6.07, 6.45) is 0.735. The second-order valence-electron chi connectivity index (χ2n) is 4.85. The Morgan fingerprint density at radius 2 is 2.05 bits per heavy atom. The van der Waals surface area contributed by atoms with Gasteiger partial charge in [0, 0.05) is 18.2 Å². The fraction of sp³-hybridized carbons (Fsp3) is 0.533. The van der Waals surface area contributed by atoms with Crippen molar-refractivity contribution in [3.63, 3.8) is 0 Å². The lowest BCUT2D eigenvalue weighted by Gasteiger charge is -2.18. The lowest BCUT2D eigenvalue weighted by atomic mass is 10.3. The first-order valence-corrected chi connectivity index (χ1v) is 7.55. The Morgan fingerprint density at radius 1 is 1.30 bits per heavy atom. The summed E-state index contributed by atoms with van der Waals surface area (Å²) in [5.41, 5.74) is 2.02. The fourth-order valence-corrected chi connectivity index (χ4v) is 2.57. The molecule has 1 N–H and O–H groups in total. The van der Waals surface area contributed by atoms with Crippen molar-refractivity contribution in [2.24, 2.45) is 0 Å². The minimum Gasteiger partial charge on any atom is -0.396 e. The van der Waals surface area contributed by atoms with Crippen molar-refractivity contribution in [3.05, 3.63) is 29.0 Å². The quantitative estimate of drug-likeness (QED) is 0.854. The highest BCUT2D eigenvalue weighted by atomic mass is 35.5. The molecule has 0 aliphatic rings. The lowest BCUT2D eigenvalue weighted by molar-refractivity contribution is 0.269. The number of aromatic nitrogens is 2. The molecule has 0 bridgehead atoms. The molecule has 110 valence electrons. The first kappa shape index (κ1) is 15.3. The van der Waals surface area contributed by atoms with Crippen LogP contribution in [0.3, 0.4) is 0 Å². The summed E-state index contributed by atoms with van der Waals surface area (Å²) < 4.78 is 2.19. The summed E-state index contributed by atoms with van der Waals surface area (Å²) >= 11 is 6.05. The SMILES string of the molecule is CCN(CC)Cc1nc2cc(Cl)ccc2n1CCCO. The second kappa shape index (κ2) is 7.07. The Hall–Kier alpha value is -1.10. The van der Waals surface area contributed by atoms with Crippen molar-refractivity contribution >= 4 is 22.6 Å². The average Bonchev–Trinajstić information content (AvgIpc) is 2.78. The molecule has 0 radical (unpaired) electrons. The van der Waals surface area contributed by atoms with E-state index in [4.69, 9.17) is 21.7 Å². The minimum atomic E-state index is 0.192. The van der Waals surface area contributed by atoms with E-state index >= 15 is 0 Å². The van der Waals surface area contributed by atoms with Crippen LogP contribution in [0.5, 0.6) is 0 Å². The van der Waals surface area contributed by atoms with Crippen LogP contribution >= 0.6 is 11.6 Å². The van der Waals surface area contributed by atoms with Gasteiger partial charge in [-0.25, -0.2) is 4.98 Å². The number of imidazole rings is 1. The first-order chi connectivity index (χ1) is 9.69. The molecule has 0 aliphatic heterocycles. The molecule has 0 atom stereocenters. The molecule has 2 rings (SSSR count). The fourth-order valence-electron chi connectivity index (χ4n) is 2.40. The van der Waals surface area contributed by atoms with Gasteiger partial charge in [0.1, 0.15) is 5.82 Å². The Balaban J connectivity index is 2.39. The summed E-state index contributed by atoms with van der Waals surface area (Å²) in [6, 6.07) is 5.80. The van der Waals surface area contributed by atoms with E-state index in [0.29, 0.717) is 5.02 Å². The van der Waals surface area contributed by atoms with Crippen LogP contribution in [0.4, 0.5) is 0 Å². The third kappa shape index (κ3) is 3.32. The summed E-state index contributed by atoms with van der Waals surface area (Å²) in [4.78, 5) is 7.05. The second-order valence-corrected chi connectivity index (χ2v) is 5.29. The van der Waals surface area contributed by atoms with Crippen LogP contribution in [-0.4, -0.2) is 39.3 Å². The molecule has 0 saturated carbocycles. The summed E-state index contributed by atoms with van der Waals surface area (Å²) in [5.74, 6) is 1.04. The average molecular weight is 296 g/mol. The number of hydrogen-bond acceptors (Lipinski definition) is 3. The van der Waals surface area contributed by atoms with Gasteiger partial charge in [0.2, 0.25) is 0 Å². The molecular formula is C15H22ClN3O. The number of nitrogens with zero attached hydrogens (tertiary/aromatic N) is 3. The molecule has 1 aromatic heterocycles. The molecule has 4 nitrogen and oxygen atoms in total. The minimum absolute atomic E-state index is 0.192. The maximum Gasteiger partial charge on any atom is 0.124 e. The van der Waals surface area contributed by atoms with Gasteiger partial charge < -0.3 is 9.67 Å². The highest BCUT2D eigenvalue weighted by Gasteiger charge is 2.13. The van der Waals surface area contributed by atoms with E-state index in [1.807, 2.05) is 18.2 Å². The molecule has 0 unspecified atom stereocenters. The van der Waals surface area contributed by atoms with Crippen LogP contribution in [0.1, 0.15) is 26.1 Å². The topological polar surface area (TPSA) is 41.3 Å². The maximum atomic E-state index is 9.08. The molecule has 20 heavy (non-hydrogen) atoms. The summed E-state index contributed by atoms with van der Waals surface area (Å²) in [6.45, 7) is 8.11. The van der Waals surface area contributed by atoms with E-state index in [0.717, 1.165) is 49.5 Å². The highest BCUT2D eigenvalue weighted by molar-refractivity contribution is 6.31. The van der Waals surface area contributed by atoms with Crippen molar-refractivity contribution < 1.29 is 5.11 Å². The first-order valence-electron chi connectivity index (χ1n) is 7.17. The van der Waals surface area contributed by atoms with Gasteiger partial charge in [-0.1, -0.05) is 25.4 Å². The van der Waals surface area contributed by atoms with Crippen LogP contribution in [0, 0.1) is 0 Å². The monoisotopic (exact) mass is 295 g/mol. The summed E-state index contributed by atoms with van der Waals surface area (Å²) in [7, 11) is 0. The van der Waals surface area contributed by atoms with Crippen LogP contribution in [0.15, 0.2) is 18.2 Å². The maximum absolute atomic E-state index is 9.08. The zero-order chi connectivity index (χ0) is 14.5. The predicted octanol–water partition coefficient (Wildman–Crippen LogP) is 2.91. The van der Waals surface area contributed by atoms with E-state index in [9.17, 15) is 0 Å². The molecule has 1 heterocycles. The third-order valence-electron chi connectivity index (χ3n) is 3.59. The van der Waals surface area contributed by atoms with Crippen LogP contribution in [-0.2, 0) is 13.1 Å². The molecule has 0 amide bonds. The zero-order valence-corrected chi connectivity index (χ0v) is 12.9. The van der Waals surface area contributed by atoms with E-state index in [1.165, 1.54) is 0 Å². The van der Waals surface area contributed by atoms with E-state index < -0.39 is 0 Å². The smallest absolute Gasteiger partial charge is 0.124 e. The molecule has 5 heteroatoms. The van der Waals surface area contributed by atoms with Gasteiger partial charge in [0.25, 0.3) is 0 Å². The summed E-state index contributed by atoms with van der Waals surface area (Å²) in [5, 5.41) is 9.79. The van der Waals surface area contributed by atoms with Crippen molar-refractivity contribution in [1.29, 1.82) is 0 Å². The number of aryl methyl sites for hydroxylation is 1. The molecule has 2 aromatic rings. The molecule has 0 aliphatic carbocycles. The van der Waals surface area contributed by atoms with Crippen molar-refractivity contribution in [2.45, 2.75) is 33.4 Å². The molecule has 0 saturated heterocycles. The van der Waals surface area contributed by atoms with E-state index in [2.05, 4.69) is 23.3 Å². The molecular weight excluding hydrogens is 274 g/mol. The van der Waals surface area contributed by atoms with Gasteiger partial charge in [-0.05, 0) is 37.7 Å². The number of hydrogen-bond donors (Lipinski definition) is 1. The van der Waals surface area contributed by atoms with Crippen LogP contribution in [0.2, 0.25) is 5.02 Å². The zero-order valence-electron chi connectivity index (χ0n) is 12.1. The predicted molar refractivity (Wildman–Crippen MR) is 83.1 cm³/mol. The Bertz CT molecular complexity index is 563. The van der Waals surface area contributed by atoms with Crippen molar-refractivity contribution in [2.75, 3.05) is 19.7 Å².